The van der Waals surface area contributed by atoms with Crippen molar-refractivity contribution < 1.29 is 28.2 Å². The standard InChI is InChI=1S/C24H29FN2O5/c1-14(2)26-23(28)18-13-27(24(29)16-8-6-7-9-19(16)25)12-17(18)15-10-20(30-3)22(32-5)21(11-15)31-4/h6-11,14,17-18H,12-13H2,1-5H3,(H,26,28). The van der Waals surface area contributed by atoms with Crippen molar-refractivity contribution in [1.29, 1.82) is 0 Å². The van der Waals surface area contributed by atoms with Gasteiger partial charge in [0.1, 0.15) is 5.82 Å². The first kappa shape index (κ1) is 23.4. The van der Waals surface area contributed by atoms with Gasteiger partial charge in [0, 0.05) is 25.0 Å². The molecule has 0 aliphatic carbocycles. The fraction of sp³-hybridized carbons (Fsp3) is 0.417. The first-order valence-electron chi connectivity index (χ1n) is 10.4. The van der Waals surface area contributed by atoms with Gasteiger partial charge in [0.2, 0.25) is 11.7 Å². The number of carbonyl (C=O) groups excluding carboxylic acids is 2. The molecule has 32 heavy (non-hydrogen) atoms. The van der Waals surface area contributed by atoms with E-state index in [1.54, 1.807) is 18.2 Å². The van der Waals surface area contributed by atoms with Crippen molar-refractivity contribution in [3.8, 4) is 17.2 Å². The SMILES string of the molecule is COc1cc(C2CN(C(=O)c3ccccc3F)CC2C(=O)NC(C)C)cc(OC)c1OC. The molecule has 1 aliphatic rings. The van der Waals surface area contributed by atoms with Crippen molar-refractivity contribution in [2.45, 2.75) is 25.8 Å². The highest BCUT2D eigenvalue weighted by Gasteiger charge is 2.41. The van der Waals surface area contributed by atoms with Crippen molar-refractivity contribution in [3.63, 3.8) is 0 Å². The van der Waals surface area contributed by atoms with Crippen LogP contribution in [-0.2, 0) is 4.79 Å². The Morgan fingerprint density at radius 1 is 1.03 bits per heavy atom. The molecule has 1 N–H and O–H groups in total. The quantitative estimate of drug-likeness (QED) is 0.710. The zero-order valence-corrected chi connectivity index (χ0v) is 19.0. The number of benzene rings is 2. The Morgan fingerprint density at radius 3 is 2.19 bits per heavy atom. The molecule has 7 nitrogen and oxygen atoms in total. The fourth-order valence-corrected chi connectivity index (χ4v) is 4.09. The fourth-order valence-electron chi connectivity index (χ4n) is 4.09. The van der Waals surface area contributed by atoms with Crippen LogP contribution in [-0.4, -0.2) is 57.2 Å². The van der Waals surface area contributed by atoms with Gasteiger partial charge in [0.25, 0.3) is 5.91 Å². The average molecular weight is 445 g/mol. The van der Waals surface area contributed by atoms with Gasteiger partial charge in [-0.25, -0.2) is 4.39 Å². The van der Waals surface area contributed by atoms with Crippen LogP contribution in [0.5, 0.6) is 17.2 Å². The summed E-state index contributed by atoms with van der Waals surface area (Å²) in [5.41, 5.74) is 0.758. The van der Waals surface area contributed by atoms with Crippen LogP contribution < -0.4 is 19.5 Å². The second-order valence-electron chi connectivity index (χ2n) is 8.02. The molecular formula is C24H29FN2O5. The molecule has 172 valence electrons. The Hall–Kier alpha value is -3.29. The second-order valence-corrected chi connectivity index (χ2v) is 8.02. The van der Waals surface area contributed by atoms with Crippen molar-refractivity contribution in [2.24, 2.45) is 5.92 Å². The number of hydrogen-bond donors (Lipinski definition) is 1. The highest BCUT2D eigenvalue weighted by Crippen LogP contribution is 2.43. The summed E-state index contributed by atoms with van der Waals surface area (Å²) in [4.78, 5) is 27.6. The molecule has 0 bridgehead atoms. The van der Waals surface area contributed by atoms with Crippen LogP contribution in [0.3, 0.4) is 0 Å². The molecule has 3 rings (SSSR count). The van der Waals surface area contributed by atoms with Gasteiger partial charge in [-0.2, -0.15) is 0 Å². The predicted molar refractivity (Wildman–Crippen MR) is 118 cm³/mol. The Morgan fingerprint density at radius 2 is 1.66 bits per heavy atom. The number of methoxy groups -OCH3 is 3. The minimum absolute atomic E-state index is 0.0129. The van der Waals surface area contributed by atoms with Crippen molar-refractivity contribution in [1.82, 2.24) is 10.2 Å². The van der Waals surface area contributed by atoms with E-state index in [4.69, 9.17) is 14.2 Å². The zero-order valence-electron chi connectivity index (χ0n) is 19.0. The van der Waals surface area contributed by atoms with Gasteiger partial charge < -0.3 is 24.4 Å². The molecule has 2 atom stereocenters. The molecule has 2 unspecified atom stereocenters. The highest BCUT2D eigenvalue weighted by atomic mass is 19.1. The maximum atomic E-state index is 14.2. The average Bonchev–Trinajstić information content (AvgIpc) is 3.23. The number of halogens is 1. The minimum atomic E-state index is -0.586. The lowest BCUT2D eigenvalue weighted by Gasteiger charge is -2.21. The minimum Gasteiger partial charge on any atom is -0.493 e. The van der Waals surface area contributed by atoms with Crippen molar-refractivity contribution in [2.75, 3.05) is 34.4 Å². The number of nitrogens with zero attached hydrogens (tertiary/aromatic N) is 1. The van der Waals surface area contributed by atoms with Gasteiger partial charge in [0.05, 0.1) is 32.8 Å². The first-order valence-corrected chi connectivity index (χ1v) is 10.4. The van der Waals surface area contributed by atoms with E-state index in [-0.39, 0.29) is 36.5 Å². The third kappa shape index (κ3) is 4.64. The van der Waals surface area contributed by atoms with E-state index >= 15 is 0 Å². The third-order valence-corrected chi connectivity index (χ3v) is 5.59. The normalized spacial score (nSPS) is 17.9. The number of carbonyl (C=O) groups is 2. The van der Waals surface area contributed by atoms with E-state index < -0.39 is 17.6 Å². The smallest absolute Gasteiger partial charge is 0.256 e. The van der Waals surface area contributed by atoms with Crippen LogP contribution in [0.1, 0.15) is 35.7 Å². The van der Waals surface area contributed by atoms with E-state index in [1.807, 2.05) is 13.8 Å². The Kier molecular flexibility index (Phi) is 7.22. The summed E-state index contributed by atoms with van der Waals surface area (Å²) in [5, 5.41) is 2.94. The van der Waals surface area contributed by atoms with Gasteiger partial charge in [-0.15, -0.1) is 0 Å². The second kappa shape index (κ2) is 9.89. The predicted octanol–water partition coefficient (Wildman–Crippen LogP) is 3.23. The maximum absolute atomic E-state index is 14.2. The van der Waals surface area contributed by atoms with Gasteiger partial charge in [-0.05, 0) is 43.7 Å². The van der Waals surface area contributed by atoms with E-state index in [0.717, 1.165) is 5.56 Å². The summed E-state index contributed by atoms with van der Waals surface area (Å²) in [5.74, 6) is -0.680. The molecule has 1 saturated heterocycles. The maximum Gasteiger partial charge on any atom is 0.256 e. The Labute approximate surface area is 187 Å². The number of amides is 2. The lowest BCUT2D eigenvalue weighted by molar-refractivity contribution is -0.125. The van der Waals surface area contributed by atoms with Crippen LogP contribution in [0.15, 0.2) is 36.4 Å². The molecule has 2 amide bonds. The molecule has 1 fully saturated rings. The molecule has 1 heterocycles. The molecule has 1 aliphatic heterocycles. The molecule has 0 radical (unpaired) electrons. The summed E-state index contributed by atoms with van der Waals surface area (Å²) in [6.45, 7) is 4.18. The van der Waals surface area contributed by atoms with E-state index in [1.165, 1.54) is 44.4 Å². The summed E-state index contributed by atoms with van der Waals surface area (Å²) in [7, 11) is 4.56. The Bertz CT molecular complexity index is 969. The van der Waals surface area contributed by atoms with Crippen LogP contribution in [0, 0.1) is 11.7 Å². The number of rotatable bonds is 7. The van der Waals surface area contributed by atoms with Crippen LogP contribution >= 0.6 is 0 Å². The van der Waals surface area contributed by atoms with E-state index in [2.05, 4.69) is 5.32 Å². The number of ether oxygens (including phenoxy) is 3. The van der Waals surface area contributed by atoms with Gasteiger partial charge in [-0.1, -0.05) is 12.1 Å². The highest BCUT2D eigenvalue weighted by molar-refractivity contribution is 5.95. The largest absolute Gasteiger partial charge is 0.493 e. The van der Waals surface area contributed by atoms with Crippen LogP contribution in [0.2, 0.25) is 0 Å². The Balaban J connectivity index is 2.01. The first-order chi connectivity index (χ1) is 15.3. The molecule has 2 aromatic rings. The monoisotopic (exact) mass is 444 g/mol. The zero-order chi connectivity index (χ0) is 23.4. The van der Waals surface area contributed by atoms with Gasteiger partial charge in [-0.3, -0.25) is 9.59 Å². The summed E-state index contributed by atoms with van der Waals surface area (Å²) < 4.78 is 30.6. The molecule has 8 heteroatoms. The molecule has 0 aromatic heterocycles. The van der Waals surface area contributed by atoms with Gasteiger partial charge >= 0.3 is 0 Å². The molecular weight excluding hydrogens is 415 g/mol. The van der Waals surface area contributed by atoms with E-state index in [0.29, 0.717) is 17.2 Å². The van der Waals surface area contributed by atoms with Gasteiger partial charge in [0.15, 0.2) is 11.5 Å². The summed E-state index contributed by atoms with van der Waals surface area (Å²) in [6.07, 6.45) is 0. The summed E-state index contributed by atoms with van der Waals surface area (Å²) in [6, 6.07) is 9.38. The number of likely N-dealkylation sites (tertiary alicyclic amines) is 1. The van der Waals surface area contributed by atoms with Crippen LogP contribution in [0.25, 0.3) is 0 Å². The number of nitrogens with one attached hydrogen (secondary N) is 1. The van der Waals surface area contributed by atoms with Crippen molar-refractivity contribution in [3.05, 3.63) is 53.3 Å². The van der Waals surface area contributed by atoms with E-state index in [9.17, 15) is 14.0 Å². The lowest BCUT2D eigenvalue weighted by Crippen LogP contribution is -2.39. The molecule has 0 saturated carbocycles. The third-order valence-electron chi connectivity index (χ3n) is 5.59. The summed E-state index contributed by atoms with van der Waals surface area (Å²) >= 11 is 0. The lowest BCUT2D eigenvalue weighted by atomic mass is 9.87. The topological polar surface area (TPSA) is 77.1 Å². The van der Waals surface area contributed by atoms with Crippen molar-refractivity contribution >= 4 is 11.8 Å². The molecule has 2 aromatic carbocycles. The van der Waals surface area contributed by atoms with Crippen LogP contribution in [0.4, 0.5) is 4.39 Å². The molecule has 0 spiro atoms. The number of hydrogen-bond acceptors (Lipinski definition) is 5.